The van der Waals surface area contributed by atoms with E-state index in [9.17, 15) is 4.79 Å². The van der Waals surface area contributed by atoms with Crippen LogP contribution in [-0.4, -0.2) is 16.6 Å². The number of halogens is 1. The van der Waals surface area contributed by atoms with Crippen molar-refractivity contribution >= 4 is 11.6 Å². The van der Waals surface area contributed by atoms with Gasteiger partial charge in [0.25, 0.3) is 5.56 Å². The van der Waals surface area contributed by atoms with Crippen molar-refractivity contribution in [2.75, 3.05) is 6.61 Å². The molecule has 1 aromatic heterocycles. The van der Waals surface area contributed by atoms with E-state index in [1.165, 1.54) is 6.33 Å². The van der Waals surface area contributed by atoms with Gasteiger partial charge >= 0.3 is 0 Å². The lowest BCUT2D eigenvalue weighted by atomic mass is 10.5. The van der Waals surface area contributed by atoms with Crippen LogP contribution in [0.25, 0.3) is 0 Å². The van der Waals surface area contributed by atoms with Crippen LogP contribution in [0.15, 0.2) is 11.1 Å². The van der Waals surface area contributed by atoms with Crippen molar-refractivity contribution in [3.8, 4) is 18.2 Å². The van der Waals surface area contributed by atoms with Gasteiger partial charge in [-0.15, -0.1) is 12.3 Å². The fourth-order valence-corrected chi connectivity index (χ4v) is 0.832. The number of H-pyrrole nitrogens is 1. The fourth-order valence-electron chi connectivity index (χ4n) is 0.674. The molecule has 1 heterocycles. The first-order chi connectivity index (χ1) is 6.25. The summed E-state index contributed by atoms with van der Waals surface area (Å²) < 4.78 is 5.05. The molecule has 5 heteroatoms. The second kappa shape index (κ2) is 4.53. The van der Waals surface area contributed by atoms with E-state index in [2.05, 4.69) is 15.9 Å². The molecule has 0 unspecified atom stereocenters. The van der Waals surface area contributed by atoms with Crippen LogP contribution in [0.5, 0.6) is 5.88 Å². The number of aromatic amines is 1. The molecule has 0 atom stereocenters. The average Bonchev–Trinajstić information content (AvgIpc) is 2.13. The Morgan fingerprint density at radius 1 is 1.77 bits per heavy atom. The van der Waals surface area contributed by atoms with Crippen molar-refractivity contribution in [3.63, 3.8) is 0 Å². The Morgan fingerprint density at radius 2 is 2.54 bits per heavy atom. The Bertz CT molecular complexity index is 380. The maximum absolute atomic E-state index is 10.9. The third kappa shape index (κ3) is 2.49. The highest BCUT2D eigenvalue weighted by Gasteiger charge is 2.05. The Hall–Kier alpha value is -1.47. The van der Waals surface area contributed by atoms with Crippen LogP contribution in [-0.2, 0) is 0 Å². The van der Waals surface area contributed by atoms with Gasteiger partial charge in [-0.25, -0.2) is 4.98 Å². The summed E-state index contributed by atoms with van der Waals surface area (Å²) in [5, 5.41) is -0.0560. The van der Waals surface area contributed by atoms with Gasteiger partial charge in [-0.3, -0.25) is 4.79 Å². The number of nitrogens with zero attached hydrogens (tertiary/aromatic N) is 1. The van der Waals surface area contributed by atoms with Crippen molar-refractivity contribution in [1.29, 1.82) is 0 Å². The summed E-state index contributed by atoms with van der Waals surface area (Å²) in [4.78, 5) is 17.0. The summed E-state index contributed by atoms with van der Waals surface area (Å²) in [7, 11) is 0. The molecule has 68 valence electrons. The van der Waals surface area contributed by atoms with E-state index in [1.54, 1.807) is 0 Å². The van der Waals surface area contributed by atoms with Gasteiger partial charge in [-0.2, -0.15) is 0 Å². The van der Waals surface area contributed by atoms with Crippen LogP contribution in [0.1, 0.15) is 6.42 Å². The molecule has 0 fully saturated rings. The van der Waals surface area contributed by atoms with E-state index in [0.29, 0.717) is 13.0 Å². The molecule has 0 radical (unpaired) electrons. The summed E-state index contributed by atoms with van der Waals surface area (Å²) in [6.45, 7) is 0.298. The second-order valence-corrected chi connectivity index (χ2v) is 2.53. The predicted molar refractivity (Wildman–Crippen MR) is 48.8 cm³/mol. The zero-order chi connectivity index (χ0) is 9.68. The number of aromatic nitrogens is 2. The average molecular weight is 199 g/mol. The first-order valence-electron chi connectivity index (χ1n) is 3.55. The van der Waals surface area contributed by atoms with E-state index in [1.807, 2.05) is 0 Å². The number of hydrogen-bond donors (Lipinski definition) is 1. The zero-order valence-electron chi connectivity index (χ0n) is 6.71. The molecule has 0 saturated heterocycles. The lowest BCUT2D eigenvalue weighted by molar-refractivity contribution is 0.313. The van der Waals surface area contributed by atoms with Gasteiger partial charge in [0, 0.05) is 6.42 Å². The summed E-state index contributed by atoms with van der Waals surface area (Å²) in [6.07, 6.45) is 6.68. The standard InChI is InChI=1S/C8H7ClN2O2/c1-2-3-4-13-8-6(9)7(12)10-5-11-8/h1,5H,3-4H2,(H,10,11,12). The van der Waals surface area contributed by atoms with Crippen molar-refractivity contribution in [1.82, 2.24) is 9.97 Å². The van der Waals surface area contributed by atoms with Crippen LogP contribution in [0.3, 0.4) is 0 Å². The van der Waals surface area contributed by atoms with Crippen LogP contribution >= 0.6 is 11.6 Å². The SMILES string of the molecule is C#CCCOc1nc[nH]c(=O)c1Cl. The molecule has 4 nitrogen and oxygen atoms in total. The molecule has 0 bridgehead atoms. The molecule has 0 amide bonds. The maximum atomic E-state index is 10.9. The topological polar surface area (TPSA) is 55.0 Å². The number of ether oxygens (including phenoxy) is 1. The van der Waals surface area contributed by atoms with Crippen molar-refractivity contribution in [3.05, 3.63) is 21.7 Å². The summed E-state index contributed by atoms with van der Waals surface area (Å²) >= 11 is 5.59. The highest BCUT2D eigenvalue weighted by Crippen LogP contribution is 2.14. The zero-order valence-corrected chi connectivity index (χ0v) is 7.47. The van der Waals surface area contributed by atoms with Gasteiger partial charge in [-0.05, 0) is 0 Å². The molecule has 0 aliphatic carbocycles. The Morgan fingerprint density at radius 3 is 3.23 bits per heavy atom. The van der Waals surface area contributed by atoms with Crippen molar-refractivity contribution in [2.24, 2.45) is 0 Å². The number of nitrogens with one attached hydrogen (secondary N) is 1. The predicted octanol–water partition coefficient (Wildman–Crippen LogP) is 0.825. The van der Waals surface area contributed by atoms with Crippen LogP contribution in [0.4, 0.5) is 0 Å². The van der Waals surface area contributed by atoms with Gasteiger partial charge in [-0.1, -0.05) is 11.6 Å². The summed E-state index contributed by atoms with van der Waals surface area (Å²) in [5.74, 6) is 2.50. The lowest BCUT2D eigenvalue weighted by Crippen LogP contribution is -2.09. The van der Waals surface area contributed by atoms with E-state index < -0.39 is 5.56 Å². The molecule has 0 aliphatic rings. The third-order valence-electron chi connectivity index (χ3n) is 1.25. The fraction of sp³-hybridized carbons (Fsp3) is 0.250. The smallest absolute Gasteiger partial charge is 0.273 e. The highest BCUT2D eigenvalue weighted by molar-refractivity contribution is 6.31. The molecular formula is C8H7ClN2O2. The Balaban J connectivity index is 2.73. The molecule has 1 rings (SSSR count). The quantitative estimate of drug-likeness (QED) is 0.578. The minimum Gasteiger partial charge on any atom is -0.475 e. The number of hydrogen-bond acceptors (Lipinski definition) is 3. The minimum atomic E-state index is -0.424. The molecule has 0 aromatic carbocycles. The van der Waals surface area contributed by atoms with Crippen molar-refractivity contribution < 1.29 is 4.74 Å². The minimum absolute atomic E-state index is 0.0560. The maximum Gasteiger partial charge on any atom is 0.273 e. The number of terminal acetylenes is 1. The van der Waals surface area contributed by atoms with E-state index in [4.69, 9.17) is 22.8 Å². The van der Waals surface area contributed by atoms with Gasteiger partial charge < -0.3 is 9.72 Å². The molecule has 0 saturated carbocycles. The van der Waals surface area contributed by atoms with Gasteiger partial charge in [0.15, 0.2) is 5.02 Å². The van der Waals surface area contributed by atoms with Gasteiger partial charge in [0.1, 0.15) is 6.61 Å². The normalized spacial score (nSPS) is 9.23. The van der Waals surface area contributed by atoms with Gasteiger partial charge in [0.2, 0.25) is 5.88 Å². The molecule has 0 aliphatic heterocycles. The highest BCUT2D eigenvalue weighted by atomic mass is 35.5. The molecular weight excluding hydrogens is 192 g/mol. The lowest BCUT2D eigenvalue weighted by Gasteiger charge is -2.02. The first kappa shape index (κ1) is 9.62. The van der Waals surface area contributed by atoms with E-state index >= 15 is 0 Å². The van der Waals surface area contributed by atoms with Crippen LogP contribution < -0.4 is 10.3 Å². The summed E-state index contributed by atoms with van der Waals surface area (Å²) in [6, 6.07) is 0. The molecule has 1 aromatic rings. The second-order valence-electron chi connectivity index (χ2n) is 2.15. The largest absolute Gasteiger partial charge is 0.475 e. The van der Waals surface area contributed by atoms with Crippen LogP contribution in [0.2, 0.25) is 5.02 Å². The monoisotopic (exact) mass is 198 g/mol. The van der Waals surface area contributed by atoms with Gasteiger partial charge in [0.05, 0.1) is 6.33 Å². The van der Waals surface area contributed by atoms with Crippen molar-refractivity contribution in [2.45, 2.75) is 6.42 Å². The molecule has 13 heavy (non-hydrogen) atoms. The number of rotatable bonds is 3. The Labute approximate surface area is 79.9 Å². The molecule has 0 spiro atoms. The van der Waals surface area contributed by atoms with Crippen LogP contribution in [0, 0.1) is 12.3 Å². The Kier molecular flexibility index (Phi) is 3.35. The third-order valence-corrected chi connectivity index (χ3v) is 1.58. The molecule has 1 N–H and O–H groups in total. The van der Waals surface area contributed by atoms with E-state index in [-0.39, 0.29) is 10.9 Å². The summed E-state index contributed by atoms with van der Waals surface area (Å²) in [5.41, 5.74) is -0.424. The first-order valence-corrected chi connectivity index (χ1v) is 3.93. The van der Waals surface area contributed by atoms with E-state index in [0.717, 1.165) is 0 Å².